The number of halogens is 1. The van der Waals surface area contributed by atoms with E-state index >= 15 is 0 Å². The molecule has 2 fully saturated rings. The normalized spacial score (nSPS) is 20.4. The van der Waals surface area contributed by atoms with E-state index < -0.39 is 5.60 Å². The monoisotopic (exact) mass is 374 g/mol. The third-order valence-electron chi connectivity index (χ3n) is 5.51. The van der Waals surface area contributed by atoms with E-state index in [2.05, 4.69) is 29.4 Å². The summed E-state index contributed by atoms with van der Waals surface area (Å²) < 4.78 is 5.49. The lowest BCUT2D eigenvalue weighted by Crippen LogP contribution is -2.41. The highest BCUT2D eigenvalue weighted by atomic mass is 35.5. The number of likely N-dealkylation sites (tertiary alicyclic amines) is 1. The highest BCUT2D eigenvalue weighted by Crippen LogP contribution is 2.52. The molecule has 0 bridgehead atoms. The van der Waals surface area contributed by atoms with E-state index in [0.29, 0.717) is 5.92 Å². The Labute approximate surface area is 159 Å². The molecule has 2 aliphatic rings. The molecule has 0 unspecified atom stereocenters. The number of benzene rings is 1. The molecule has 1 saturated carbocycles. The standard InChI is InChI=1S/C21H27ClN2O2/c1-20(2,3)26-19(25)24-10-6-14(7-11-24)17-13-23-18-12-15(4-5-16(17)18)21(22)8-9-21/h4-5,12-14,23H,6-11H2,1-3H3. The number of fused-ring (bicyclic) bond motifs is 1. The van der Waals surface area contributed by atoms with Crippen molar-refractivity contribution >= 4 is 28.6 Å². The first-order valence-electron chi connectivity index (χ1n) is 9.54. The number of ether oxygens (including phenoxy) is 1. The number of carbonyl (C=O) groups excluding carboxylic acids is 1. The van der Waals surface area contributed by atoms with Gasteiger partial charge in [0.25, 0.3) is 0 Å². The molecule has 0 atom stereocenters. The van der Waals surface area contributed by atoms with Crippen LogP contribution in [0.2, 0.25) is 0 Å². The molecule has 1 N–H and O–H groups in total. The molecule has 1 aromatic heterocycles. The van der Waals surface area contributed by atoms with Gasteiger partial charge in [-0.05, 0) is 69.6 Å². The van der Waals surface area contributed by atoms with Crippen molar-refractivity contribution in [2.24, 2.45) is 0 Å². The first kappa shape index (κ1) is 17.7. The van der Waals surface area contributed by atoms with Crippen LogP contribution in [0.4, 0.5) is 4.79 Å². The molecule has 1 aliphatic heterocycles. The fraction of sp³-hybridized carbons (Fsp3) is 0.571. The van der Waals surface area contributed by atoms with Gasteiger partial charge >= 0.3 is 6.09 Å². The smallest absolute Gasteiger partial charge is 0.410 e. The summed E-state index contributed by atoms with van der Waals surface area (Å²) in [6.07, 6.45) is 6.00. The van der Waals surface area contributed by atoms with Gasteiger partial charge in [0, 0.05) is 30.2 Å². The molecular formula is C21H27ClN2O2. The molecule has 26 heavy (non-hydrogen) atoms. The average molecular weight is 375 g/mol. The number of amides is 1. The molecule has 2 aromatic rings. The minimum absolute atomic E-state index is 0.127. The van der Waals surface area contributed by atoms with E-state index in [4.69, 9.17) is 16.3 Å². The van der Waals surface area contributed by atoms with Crippen molar-refractivity contribution in [2.45, 2.75) is 62.8 Å². The second-order valence-electron chi connectivity index (χ2n) is 8.71. The zero-order valence-corrected chi connectivity index (χ0v) is 16.5. The lowest BCUT2D eigenvalue weighted by Gasteiger charge is -2.33. The van der Waals surface area contributed by atoms with Gasteiger partial charge in [-0.15, -0.1) is 11.6 Å². The number of H-pyrrole nitrogens is 1. The van der Waals surface area contributed by atoms with E-state index in [1.807, 2.05) is 25.7 Å². The van der Waals surface area contributed by atoms with Crippen molar-refractivity contribution in [1.29, 1.82) is 0 Å². The van der Waals surface area contributed by atoms with Gasteiger partial charge in [0.05, 0.1) is 4.87 Å². The second kappa shape index (κ2) is 6.19. The number of hydrogen-bond donors (Lipinski definition) is 1. The van der Waals surface area contributed by atoms with Crippen LogP contribution >= 0.6 is 11.6 Å². The largest absolute Gasteiger partial charge is 0.444 e. The number of carbonyl (C=O) groups is 1. The van der Waals surface area contributed by atoms with E-state index in [9.17, 15) is 4.79 Å². The van der Waals surface area contributed by atoms with Gasteiger partial charge in [-0.1, -0.05) is 12.1 Å². The quantitative estimate of drug-likeness (QED) is 0.704. The van der Waals surface area contributed by atoms with E-state index in [-0.39, 0.29) is 11.0 Å². The van der Waals surface area contributed by atoms with Crippen molar-refractivity contribution < 1.29 is 9.53 Å². The molecular weight excluding hydrogens is 348 g/mol. The van der Waals surface area contributed by atoms with Crippen LogP contribution in [0.3, 0.4) is 0 Å². The van der Waals surface area contributed by atoms with Gasteiger partial charge < -0.3 is 14.6 Å². The zero-order chi connectivity index (χ0) is 18.5. The molecule has 140 valence electrons. The number of aromatic nitrogens is 1. The SMILES string of the molecule is CC(C)(C)OC(=O)N1CCC(c2c[nH]c3cc(C4(Cl)CC4)ccc23)CC1. The van der Waals surface area contributed by atoms with E-state index in [0.717, 1.165) is 38.8 Å². The van der Waals surface area contributed by atoms with Crippen molar-refractivity contribution in [3.05, 3.63) is 35.5 Å². The minimum Gasteiger partial charge on any atom is -0.444 e. The Morgan fingerprint density at radius 1 is 1.27 bits per heavy atom. The Kier molecular flexibility index (Phi) is 4.22. The van der Waals surface area contributed by atoms with Gasteiger partial charge in [-0.25, -0.2) is 4.79 Å². The Morgan fingerprint density at radius 3 is 2.58 bits per heavy atom. The molecule has 2 heterocycles. The molecule has 5 heteroatoms. The van der Waals surface area contributed by atoms with Crippen LogP contribution in [0.1, 0.15) is 63.5 Å². The highest BCUT2D eigenvalue weighted by Gasteiger charge is 2.42. The fourth-order valence-electron chi connectivity index (χ4n) is 3.86. The molecule has 4 rings (SSSR count). The lowest BCUT2D eigenvalue weighted by atomic mass is 9.89. The third kappa shape index (κ3) is 3.44. The highest BCUT2D eigenvalue weighted by molar-refractivity contribution is 6.26. The minimum atomic E-state index is -0.441. The topological polar surface area (TPSA) is 45.3 Å². The van der Waals surface area contributed by atoms with Crippen molar-refractivity contribution in [3.63, 3.8) is 0 Å². The van der Waals surface area contributed by atoms with Crippen molar-refractivity contribution in [2.75, 3.05) is 13.1 Å². The van der Waals surface area contributed by atoms with Crippen LogP contribution in [-0.2, 0) is 9.61 Å². The first-order chi connectivity index (χ1) is 12.3. The Balaban J connectivity index is 1.45. The summed E-state index contributed by atoms with van der Waals surface area (Å²) in [6, 6.07) is 6.59. The third-order valence-corrected chi connectivity index (χ3v) is 6.10. The number of aromatic amines is 1. The molecule has 1 amide bonds. The van der Waals surface area contributed by atoms with E-state index in [1.54, 1.807) is 0 Å². The Morgan fingerprint density at radius 2 is 1.96 bits per heavy atom. The molecule has 0 radical (unpaired) electrons. The summed E-state index contributed by atoms with van der Waals surface area (Å²) >= 11 is 6.55. The van der Waals surface area contributed by atoms with Crippen LogP contribution in [0, 0.1) is 0 Å². The summed E-state index contributed by atoms with van der Waals surface area (Å²) in [6.45, 7) is 7.21. The Bertz CT molecular complexity index is 824. The number of hydrogen-bond acceptors (Lipinski definition) is 2. The van der Waals surface area contributed by atoms with Crippen LogP contribution in [0.5, 0.6) is 0 Å². The number of nitrogens with one attached hydrogen (secondary N) is 1. The zero-order valence-electron chi connectivity index (χ0n) is 15.8. The lowest BCUT2D eigenvalue weighted by molar-refractivity contribution is 0.0205. The summed E-state index contributed by atoms with van der Waals surface area (Å²) in [4.78, 5) is 17.4. The summed E-state index contributed by atoms with van der Waals surface area (Å²) in [5.41, 5.74) is 3.30. The average Bonchev–Trinajstić information content (AvgIpc) is 3.19. The van der Waals surface area contributed by atoms with Gasteiger partial charge in [-0.2, -0.15) is 0 Å². The molecule has 0 spiro atoms. The van der Waals surface area contributed by atoms with Crippen LogP contribution < -0.4 is 0 Å². The summed E-state index contributed by atoms with van der Waals surface area (Å²) in [5, 5.41) is 1.28. The number of nitrogens with zero attached hydrogens (tertiary/aromatic N) is 1. The first-order valence-corrected chi connectivity index (χ1v) is 9.91. The van der Waals surface area contributed by atoms with Gasteiger partial charge in [0.2, 0.25) is 0 Å². The molecule has 1 aromatic carbocycles. The molecule has 1 aliphatic carbocycles. The fourth-order valence-corrected chi connectivity index (χ4v) is 4.08. The number of rotatable bonds is 2. The van der Waals surface area contributed by atoms with Crippen LogP contribution in [-0.4, -0.2) is 34.7 Å². The van der Waals surface area contributed by atoms with E-state index in [1.165, 1.54) is 22.0 Å². The summed E-state index contributed by atoms with van der Waals surface area (Å²) in [5.74, 6) is 0.471. The maximum Gasteiger partial charge on any atom is 0.410 e. The second-order valence-corrected chi connectivity index (χ2v) is 9.43. The maximum atomic E-state index is 12.2. The predicted molar refractivity (Wildman–Crippen MR) is 105 cm³/mol. The molecule has 1 saturated heterocycles. The maximum absolute atomic E-state index is 12.2. The van der Waals surface area contributed by atoms with Crippen LogP contribution in [0.15, 0.2) is 24.4 Å². The van der Waals surface area contributed by atoms with Gasteiger partial charge in [0.15, 0.2) is 0 Å². The van der Waals surface area contributed by atoms with Gasteiger partial charge in [0.1, 0.15) is 5.60 Å². The van der Waals surface area contributed by atoms with Gasteiger partial charge in [-0.3, -0.25) is 0 Å². The van der Waals surface area contributed by atoms with Crippen molar-refractivity contribution in [3.8, 4) is 0 Å². The number of alkyl halides is 1. The van der Waals surface area contributed by atoms with Crippen LogP contribution in [0.25, 0.3) is 10.9 Å². The summed E-state index contributed by atoms with van der Waals surface area (Å²) in [7, 11) is 0. The number of piperidine rings is 1. The molecule has 4 nitrogen and oxygen atoms in total. The predicted octanol–water partition coefficient (Wildman–Crippen LogP) is 5.51. The Hall–Kier alpha value is -1.68. The van der Waals surface area contributed by atoms with Crippen molar-refractivity contribution in [1.82, 2.24) is 9.88 Å².